The Bertz CT molecular complexity index is 990. The van der Waals surface area contributed by atoms with Crippen LogP contribution < -0.4 is 15.4 Å². The van der Waals surface area contributed by atoms with Gasteiger partial charge >= 0.3 is 0 Å². The molecule has 0 aliphatic carbocycles. The lowest BCUT2D eigenvalue weighted by atomic mass is 10.2. The number of hydrogen-bond donors (Lipinski definition) is 2. The Balaban J connectivity index is 1.56. The van der Waals surface area contributed by atoms with Crippen LogP contribution in [-0.2, 0) is 11.8 Å². The molecule has 150 valence electrons. The number of hydrogen-bond acceptors (Lipinski definition) is 7. The molecule has 1 heterocycles. The molecular formula is C19H20N6O3S. The Morgan fingerprint density at radius 3 is 2.55 bits per heavy atom. The van der Waals surface area contributed by atoms with Crippen molar-refractivity contribution in [2.45, 2.75) is 12.1 Å². The van der Waals surface area contributed by atoms with E-state index in [2.05, 4.69) is 26.2 Å². The van der Waals surface area contributed by atoms with Crippen molar-refractivity contribution in [3.8, 4) is 5.75 Å². The summed E-state index contributed by atoms with van der Waals surface area (Å²) < 4.78 is 7.01. The van der Waals surface area contributed by atoms with Gasteiger partial charge in [0.15, 0.2) is 0 Å². The first-order valence-electron chi connectivity index (χ1n) is 8.85. The lowest BCUT2D eigenvalue weighted by molar-refractivity contribution is -0.113. The van der Waals surface area contributed by atoms with Gasteiger partial charge in [0.05, 0.1) is 18.0 Å². The summed E-state index contributed by atoms with van der Waals surface area (Å²) in [6, 6.07) is 13.9. The Morgan fingerprint density at radius 1 is 1.10 bits per heavy atom. The third-order valence-corrected chi connectivity index (χ3v) is 4.79. The van der Waals surface area contributed by atoms with Crippen molar-refractivity contribution in [1.29, 1.82) is 0 Å². The van der Waals surface area contributed by atoms with Gasteiger partial charge in [-0.25, -0.2) is 4.68 Å². The molecule has 0 atom stereocenters. The predicted octanol–water partition coefficient (Wildman–Crippen LogP) is 2.59. The van der Waals surface area contributed by atoms with Crippen LogP contribution in [0.2, 0.25) is 0 Å². The normalized spacial score (nSPS) is 10.4. The van der Waals surface area contributed by atoms with Crippen LogP contribution in [0.3, 0.4) is 0 Å². The first-order valence-corrected chi connectivity index (χ1v) is 9.83. The number of thioether (sulfide) groups is 1. The quantitative estimate of drug-likeness (QED) is 0.547. The first-order chi connectivity index (χ1) is 14.1. The van der Waals surface area contributed by atoms with E-state index in [-0.39, 0.29) is 17.6 Å². The largest absolute Gasteiger partial charge is 0.492 e. The molecule has 0 spiro atoms. The molecule has 0 unspecified atom stereocenters. The number of aryl methyl sites for hydroxylation is 1. The van der Waals surface area contributed by atoms with Gasteiger partial charge in [0.1, 0.15) is 5.75 Å². The molecule has 0 aliphatic rings. The number of amides is 2. The number of carbonyl (C=O) groups excluding carboxylic acids is 2. The van der Waals surface area contributed by atoms with E-state index in [1.165, 1.54) is 16.4 Å². The van der Waals surface area contributed by atoms with Gasteiger partial charge in [-0.15, -0.1) is 5.10 Å². The van der Waals surface area contributed by atoms with E-state index in [1.807, 2.05) is 19.1 Å². The van der Waals surface area contributed by atoms with Crippen molar-refractivity contribution in [2.24, 2.45) is 7.05 Å². The fraction of sp³-hybridized carbons (Fsp3) is 0.211. The lowest BCUT2D eigenvalue weighted by Crippen LogP contribution is -2.15. The Morgan fingerprint density at radius 2 is 1.86 bits per heavy atom. The number of nitrogens with zero attached hydrogens (tertiary/aromatic N) is 4. The zero-order valence-electron chi connectivity index (χ0n) is 16.0. The lowest BCUT2D eigenvalue weighted by Gasteiger charge is -2.11. The van der Waals surface area contributed by atoms with E-state index < -0.39 is 0 Å². The van der Waals surface area contributed by atoms with E-state index in [9.17, 15) is 9.59 Å². The predicted molar refractivity (Wildman–Crippen MR) is 110 cm³/mol. The van der Waals surface area contributed by atoms with Crippen molar-refractivity contribution >= 4 is 35.0 Å². The standard InChI is InChI=1S/C19H20N6O3S/c1-3-28-16-7-5-4-6-15(16)21-18(27)13-8-10-14(11-9-13)20-17(26)12-29-19-22-23-24-25(19)2/h4-11H,3,12H2,1-2H3,(H,20,26)(H,21,27). The topological polar surface area (TPSA) is 111 Å². The van der Waals surface area contributed by atoms with Crippen LogP contribution in [0, 0.1) is 0 Å². The summed E-state index contributed by atoms with van der Waals surface area (Å²) in [6.07, 6.45) is 0. The molecule has 1 aromatic heterocycles. The number of tetrazole rings is 1. The highest BCUT2D eigenvalue weighted by Crippen LogP contribution is 2.24. The van der Waals surface area contributed by atoms with Gasteiger partial charge in [-0.05, 0) is 53.7 Å². The van der Waals surface area contributed by atoms with Crippen LogP contribution in [0.15, 0.2) is 53.7 Å². The summed E-state index contributed by atoms with van der Waals surface area (Å²) in [4.78, 5) is 24.6. The van der Waals surface area contributed by atoms with Gasteiger partial charge in [0.25, 0.3) is 5.91 Å². The number of nitrogens with one attached hydrogen (secondary N) is 2. The molecule has 2 N–H and O–H groups in total. The number of carbonyl (C=O) groups is 2. The molecule has 0 radical (unpaired) electrons. The molecule has 0 saturated heterocycles. The van der Waals surface area contributed by atoms with Crippen molar-refractivity contribution < 1.29 is 14.3 Å². The molecule has 0 saturated carbocycles. The Kier molecular flexibility index (Phi) is 6.80. The molecule has 9 nitrogen and oxygen atoms in total. The zero-order chi connectivity index (χ0) is 20.6. The van der Waals surface area contributed by atoms with Gasteiger partial charge in [-0.2, -0.15) is 0 Å². The number of aromatic nitrogens is 4. The molecule has 10 heteroatoms. The summed E-state index contributed by atoms with van der Waals surface area (Å²) in [6.45, 7) is 2.39. The van der Waals surface area contributed by atoms with Crippen LogP contribution in [-0.4, -0.2) is 44.4 Å². The molecule has 0 fully saturated rings. The second kappa shape index (κ2) is 9.69. The minimum absolute atomic E-state index is 0.171. The zero-order valence-corrected chi connectivity index (χ0v) is 16.8. The molecule has 29 heavy (non-hydrogen) atoms. The smallest absolute Gasteiger partial charge is 0.255 e. The fourth-order valence-corrected chi connectivity index (χ4v) is 3.07. The fourth-order valence-electron chi connectivity index (χ4n) is 2.42. The van der Waals surface area contributed by atoms with Crippen molar-refractivity contribution in [3.05, 3.63) is 54.1 Å². The number of rotatable bonds is 8. The maximum Gasteiger partial charge on any atom is 0.255 e. The Labute approximate surface area is 171 Å². The van der Waals surface area contributed by atoms with Crippen molar-refractivity contribution in [1.82, 2.24) is 20.2 Å². The molecule has 3 aromatic rings. The van der Waals surface area contributed by atoms with Gasteiger partial charge < -0.3 is 15.4 Å². The molecule has 0 bridgehead atoms. The average Bonchev–Trinajstić information content (AvgIpc) is 3.13. The van der Waals surface area contributed by atoms with Crippen LogP contribution in [0.25, 0.3) is 0 Å². The first kappa shape index (κ1) is 20.3. The molecule has 0 aliphatic heterocycles. The minimum Gasteiger partial charge on any atom is -0.492 e. The summed E-state index contributed by atoms with van der Waals surface area (Å²) in [5.74, 6) is 0.328. The van der Waals surface area contributed by atoms with Crippen LogP contribution in [0.5, 0.6) is 5.75 Å². The van der Waals surface area contributed by atoms with E-state index in [4.69, 9.17) is 4.74 Å². The highest BCUT2D eigenvalue weighted by atomic mass is 32.2. The maximum absolute atomic E-state index is 12.5. The van der Waals surface area contributed by atoms with Crippen LogP contribution in [0.1, 0.15) is 17.3 Å². The van der Waals surface area contributed by atoms with Gasteiger partial charge in [-0.1, -0.05) is 23.9 Å². The molecule has 2 aromatic carbocycles. The highest BCUT2D eigenvalue weighted by Gasteiger charge is 2.11. The second-order valence-electron chi connectivity index (χ2n) is 5.88. The van der Waals surface area contributed by atoms with E-state index >= 15 is 0 Å². The second-order valence-corrected chi connectivity index (χ2v) is 6.83. The van der Waals surface area contributed by atoms with Crippen LogP contribution in [0.4, 0.5) is 11.4 Å². The van der Waals surface area contributed by atoms with Crippen LogP contribution >= 0.6 is 11.8 Å². The van der Waals surface area contributed by atoms with E-state index in [0.29, 0.717) is 34.5 Å². The van der Waals surface area contributed by atoms with Crippen molar-refractivity contribution in [2.75, 3.05) is 23.0 Å². The SMILES string of the molecule is CCOc1ccccc1NC(=O)c1ccc(NC(=O)CSc2nnnn2C)cc1. The average molecular weight is 412 g/mol. The number of benzene rings is 2. The third-order valence-electron chi connectivity index (χ3n) is 3.78. The van der Waals surface area contributed by atoms with E-state index in [0.717, 1.165) is 0 Å². The summed E-state index contributed by atoms with van der Waals surface area (Å²) >= 11 is 1.23. The van der Waals surface area contributed by atoms with Crippen molar-refractivity contribution in [3.63, 3.8) is 0 Å². The number of ether oxygens (including phenoxy) is 1. The number of anilines is 2. The number of para-hydroxylation sites is 2. The maximum atomic E-state index is 12.5. The van der Waals surface area contributed by atoms with Gasteiger partial charge in [-0.3, -0.25) is 9.59 Å². The summed E-state index contributed by atoms with van der Waals surface area (Å²) in [5, 5.41) is 17.2. The minimum atomic E-state index is -0.264. The molecule has 2 amide bonds. The van der Waals surface area contributed by atoms with E-state index in [1.54, 1.807) is 43.4 Å². The van der Waals surface area contributed by atoms with Gasteiger partial charge in [0.2, 0.25) is 11.1 Å². The third kappa shape index (κ3) is 5.55. The Hall–Kier alpha value is -3.40. The van der Waals surface area contributed by atoms with Gasteiger partial charge in [0, 0.05) is 18.3 Å². The molecular weight excluding hydrogens is 392 g/mol. The highest BCUT2D eigenvalue weighted by molar-refractivity contribution is 7.99. The summed E-state index contributed by atoms with van der Waals surface area (Å²) in [5.41, 5.74) is 1.67. The summed E-state index contributed by atoms with van der Waals surface area (Å²) in [7, 11) is 1.71. The monoisotopic (exact) mass is 412 g/mol. The molecule has 3 rings (SSSR count).